The number of carbonyl (C=O) groups excluding carboxylic acids is 1. The molecule has 7 nitrogen and oxygen atoms in total. The lowest BCUT2D eigenvalue weighted by atomic mass is 10.2. The molecule has 0 aliphatic carbocycles. The lowest BCUT2D eigenvalue weighted by molar-refractivity contribution is -0.114. The molecule has 8 heteroatoms. The molecule has 1 aromatic heterocycles. The van der Waals surface area contributed by atoms with Crippen LogP contribution in [-0.4, -0.2) is 20.4 Å². The number of hydrogen-bond donors (Lipinski definition) is 3. The first-order valence-electron chi connectivity index (χ1n) is 8.66. The molecular formula is C20H21N5O2S. The fraction of sp³-hybridized carbons (Fsp3) is 0.150. The van der Waals surface area contributed by atoms with Crippen molar-refractivity contribution in [2.45, 2.75) is 13.8 Å². The summed E-state index contributed by atoms with van der Waals surface area (Å²) in [5.41, 5.74) is 3.09. The van der Waals surface area contributed by atoms with Crippen molar-refractivity contribution < 1.29 is 4.79 Å². The zero-order valence-corrected chi connectivity index (χ0v) is 16.6. The van der Waals surface area contributed by atoms with Gasteiger partial charge in [0.25, 0.3) is 5.56 Å². The molecule has 0 atom stereocenters. The van der Waals surface area contributed by atoms with Crippen LogP contribution in [0.1, 0.15) is 12.6 Å². The van der Waals surface area contributed by atoms with E-state index in [0.29, 0.717) is 17.1 Å². The summed E-state index contributed by atoms with van der Waals surface area (Å²) in [6, 6.07) is 16.6. The van der Waals surface area contributed by atoms with Crippen LogP contribution >= 0.6 is 12.2 Å². The second kappa shape index (κ2) is 8.10. The zero-order valence-electron chi connectivity index (χ0n) is 15.8. The van der Waals surface area contributed by atoms with Crippen molar-refractivity contribution in [3.8, 4) is 5.69 Å². The smallest absolute Gasteiger partial charge is 0.295 e. The van der Waals surface area contributed by atoms with Gasteiger partial charge in [-0.05, 0) is 49.5 Å². The highest BCUT2D eigenvalue weighted by atomic mass is 32.1. The number of rotatable bonds is 4. The van der Waals surface area contributed by atoms with Gasteiger partial charge in [-0.15, -0.1) is 0 Å². The van der Waals surface area contributed by atoms with E-state index in [1.807, 2.05) is 50.4 Å². The molecule has 0 saturated heterocycles. The van der Waals surface area contributed by atoms with E-state index in [1.165, 1.54) is 6.92 Å². The number of hydrogen-bond acceptors (Lipinski definition) is 3. The van der Waals surface area contributed by atoms with Crippen LogP contribution in [-0.2, 0) is 11.8 Å². The van der Waals surface area contributed by atoms with Crippen molar-refractivity contribution in [1.29, 1.82) is 0 Å². The first-order chi connectivity index (χ1) is 13.4. The van der Waals surface area contributed by atoms with Crippen molar-refractivity contribution in [3.63, 3.8) is 0 Å². The summed E-state index contributed by atoms with van der Waals surface area (Å²) in [7, 11) is 1.82. The largest absolute Gasteiger partial charge is 0.332 e. The molecule has 0 spiro atoms. The molecule has 0 saturated carbocycles. The van der Waals surface area contributed by atoms with Gasteiger partial charge in [0.15, 0.2) is 5.11 Å². The van der Waals surface area contributed by atoms with Crippen LogP contribution in [0.25, 0.3) is 5.69 Å². The second-order valence-corrected chi connectivity index (χ2v) is 6.69. The fourth-order valence-electron chi connectivity index (χ4n) is 2.87. The molecule has 0 radical (unpaired) electrons. The molecule has 2 aromatic carbocycles. The van der Waals surface area contributed by atoms with Crippen LogP contribution in [0.2, 0.25) is 0 Å². The number of aromatic nitrogens is 2. The number of nitrogens with zero attached hydrogens (tertiary/aromatic N) is 2. The molecule has 3 rings (SSSR count). The molecule has 3 aromatic rings. The van der Waals surface area contributed by atoms with Crippen molar-refractivity contribution in [2.24, 2.45) is 7.05 Å². The van der Waals surface area contributed by atoms with Crippen LogP contribution < -0.4 is 21.5 Å². The standard InChI is InChI=1S/C20H21N5O2S/c1-13-18(19(27)25(24(13)3)17-10-5-4-6-11-17)23-20(28)22-16-9-7-8-15(12-16)21-14(2)26/h4-12H,1-3H3,(H,21,26)(H2,22,23,28). The Balaban J connectivity index is 1.82. The maximum Gasteiger partial charge on any atom is 0.295 e. The summed E-state index contributed by atoms with van der Waals surface area (Å²) < 4.78 is 3.36. The number of carbonyl (C=O) groups is 1. The van der Waals surface area contributed by atoms with Gasteiger partial charge in [0.2, 0.25) is 5.91 Å². The zero-order chi connectivity index (χ0) is 20.3. The van der Waals surface area contributed by atoms with Crippen LogP contribution in [0.3, 0.4) is 0 Å². The van der Waals surface area contributed by atoms with E-state index in [-0.39, 0.29) is 16.6 Å². The quantitative estimate of drug-likeness (QED) is 0.591. The Kier molecular flexibility index (Phi) is 5.60. The Morgan fingerprint density at radius 1 is 0.964 bits per heavy atom. The third kappa shape index (κ3) is 4.12. The topological polar surface area (TPSA) is 80.1 Å². The molecule has 0 unspecified atom stereocenters. The molecular weight excluding hydrogens is 374 g/mol. The van der Waals surface area contributed by atoms with Gasteiger partial charge in [-0.3, -0.25) is 14.3 Å². The highest BCUT2D eigenvalue weighted by molar-refractivity contribution is 7.80. The van der Waals surface area contributed by atoms with Gasteiger partial charge >= 0.3 is 0 Å². The Bertz CT molecular complexity index is 1090. The average molecular weight is 395 g/mol. The molecule has 28 heavy (non-hydrogen) atoms. The SMILES string of the molecule is CC(=O)Nc1cccc(NC(=S)Nc2c(C)n(C)n(-c3ccccc3)c2=O)c1. The summed E-state index contributed by atoms with van der Waals surface area (Å²) in [6.07, 6.45) is 0. The molecule has 144 valence electrons. The van der Waals surface area contributed by atoms with Gasteiger partial charge in [-0.1, -0.05) is 24.3 Å². The molecule has 1 heterocycles. The Morgan fingerprint density at radius 2 is 1.61 bits per heavy atom. The van der Waals surface area contributed by atoms with Crippen molar-refractivity contribution in [1.82, 2.24) is 9.36 Å². The highest BCUT2D eigenvalue weighted by Gasteiger charge is 2.17. The molecule has 0 fully saturated rings. The van der Waals surface area contributed by atoms with Crippen LogP contribution in [0.5, 0.6) is 0 Å². The van der Waals surface area contributed by atoms with Gasteiger partial charge < -0.3 is 16.0 Å². The van der Waals surface area contributed by atoms with Gasteiger partial charge in [0.05, 0.1) is 11.4 Å². The number of para-hydroxylation sites is 1. The molecule has 3 N–H and O–H groups in total. The van der Waals surface area contributed by atoms with Crippen LogP contribution in [0.4, 0.5) is 17.1 Å². The van der Waals surface area contributed by atoms with E-state index >= 15 is 0 Å². The van der Waals surface area contributed by atoms with Crippen molar-refractivity contribution in [3.05, 3.63) is 70.6 Å². The monoisotopic (exact) mass is 395 g/mol. The van der Waals surface area contributed by atoms with E-state index < -0.39 is 0 Å². The Morgan fingerprint density at radius 3 is 2.25 bits per heavy atom. The fourth-order valence-corrected chi connectivity index (χ4v) is 3.09. The first-order valence-corrected chi connectivity index (χ1v) is 9.07. The summed E-state index contributed by atoms with van der Waals surface area (Å²) in [5.74, 6) is -0.153. The predicted octanol–water partition coefficient (Wildman–Crippen LogP) is 3.25. The molecule has 1 amide bonds. The van der Waals surface area contributed by atoms with Gasteiger partial charge in [0.1, 0.15) is 5.69 Å². The van der Waals surface area contributed by atoms with E-state index in [2.05, 4.69) is 16.0 Å². The van der Waals surface area contributed by atoms with Crippen molar-refractivity contribution >= 4 is 40.3 Å². The van der Waals surface area contributed by atoms with Crippen LogP contribution in [0.15, 0.2) is 59.4 Å². The van der Waals surface area contributed by atoms with E-state index in [0.717, 1.165) is 11.4 Å². The summed E-state index contributed by atoms with van der Waals surface area (Å²) in [4.78, 5) is 24.1. The third-order valence-corrected chi connectivity index (χ3v) is 4.44. The van der Waals surface area contributed by atoms with Crippen LogP contribution in [0, 0.1) is 6.92 Å². The minimum absolute atomic E-state index is 0.153. The van der Waals surface area contributed by atoms with E-state index in [9.17, 15) is 9.59 Å². The number of benzene rings is 2. The second-order valence-electron chi connectivity index (χ2n) is 6.28. The summed E-state index contributed by atoms with van der Waals surface area (Å²) in [5, 5.41) is 9.03. The number of nitrogens with one attached hydrogen (secondary N) is 3. The third-order valence-electron chi connectivity index (χ3n) is 4.23. The molecule has 0 aliphatic heterocycles. The molecule has 0 aliphatic rings. The van der Waals surface area contributed by atoms with Crippen molar-refractivity contribution in [2.75, 3.05) is 16.0 Å². The maximum absolute atomic E-state index is 12.9. The summed E-state index contributed by atoms with van der Waals surface area (Å²) >= 11 is 5.37. The highest BCUT2D eigenvalue weighted by Crippen LogP contribution is 2.17. The Labute approximate surface area is 168 Å². The Hall–Kier alpha value is -3.39. The predicted molar refractivity (Wildman–Crippen MR) is 116 cm³/mol. The number of thiocarbonyl (C=S) groups is 1. The normalized spacial score (nSPS) is 10.4. The maximum atomic E-state index is 12.9. The minimum Gasteiger partial charge on any atom is -0.332 e. The first kappa shape index (κ1) is 19.4. The minimum atomic E-state index is -0.192. The van der Waals surface area contributed by atoms with Gasteiger partial charge in [-0.2, -0.15) is 0 Å². The average Bonchev–Trinajstić information content (AvgIpc) is 2.85. The number of anilines is 3. The van der Waals surface area contributed by atoms with Gasteiger partial charge in [-0.25, -0.2) is 4.68 Å². The lowest BCUT2D eigenvalue weighted by Gasteiger charge is -2.11. The van der Waals surface area contributed by atoms with Gasteiger partial charge in [0, 0.05) is 25.3 Å². The summed E-state index contributed by atoms with van der Waals surface area (Å²) in [6.45, 7) is 3.30. The lowest BCUT2D eigenvalue weighted by Crippen LogP contribution is -2.25. The number of amides is 1. The molecule has 0 bridgehead atoms. The van der Waals surface area contributed by atoms with E-state index in [1.54, 1.807) is 27.6 Å². The van der Waals surface area contributed by atoms with E-state index in [4.69, 9.17) is 12.2 Å².